The SMILES string of the molecule is FC(F)(F)N(c1ccc(-n2c3ccc(N(Cl)c4cc5ccccc5c5ccccc45)cc3c3cc(N(Cl)c4cc5ccccc5c5ccccc45)ccc32)cc1)c1cc2ccccc2c2ccccc12. The van der Waals surface area contributed by atoms with Gasteiger partial charge >= 0.3 is 6.30 Å². The zero-order valence-corrected chi connectivity index (χ0v) is 38.6. The lowest BCUT2D eigenvalue weighted by Gasteiger charge is -2.29. The van der Waals surface area contributed by atoms with E-state index < -0.39 is 6.30 Å². The van der Waals surface area contributed by atoms with E-state index in [1.165, 1.54) is 0 Å². The number of fused-ring (bicyclic) bond motifs is 12. The van der Waals surface area contributed by atoms with Gasteiger partial charge in [-0.05, 0) is 127 Å². The highest BCUT2D eigenvalue weighted by Gasteiger charge is 2.40. The smallest absolute Gasteiger partial charge is 0.309 e. The Morgan fingerprint density at radius 3 is 1.04 bits per heavy atom. The van der Waals surface area contributed by atoms with Crippen LogP contribution in [0.2, 0.25) is 0 Å². The normalized spacial score (nSPS) is 12.1. The Morgan fingerprint density at radius 1 is 0.314 bits per heavy atom. The minimum absolute atomic E-state index is 0.0113. The van der Waals surface area contributed by atoms with E-state index >= 15 is 13.2 Å². The van der Waals surface area contributed by atoms with Gasteiger partial charge in [-0.15, -0.1) is 13.2 Å². The van der Waals surface area contributed by atoms with Crippen molar-refractivity contribution >= 4 is 144 Å². The molecule has 336 valence electrons. The topological polar surface area (TPSA) is 14.7 Å². The Hall–Kier alpha value is -8.23. The van der Waals surface area contributed by atoms with Crippen molar-refractivity contribution in [2.45, 2.75) is 6.30 Å². The summed E-state index contributed by atoms with van der Waals surface area (Å²) in [5.41, 5.74) is 5.54. The van der Waals surface area contributed by atoms with Crippen LogP contribution in [0.1, 0.15) is 0 Å². The second-order valence-corrected chi connectivity index (χ2v) is 18.3. The van der Waals surface area contributed by atoms with Gasteiger partial charge in [0, 0.05) is 61.9 Å². The van der Waals surface area contributed by atoms with Gasteiger partial charge in [-0.3, -0.25) is 13.7 Å². The van der Waals surface area contributed by atoms with E-state index in [4.69, 9.17) is 23.6 Å². The fourth-order valence-electron chi connectivity index (χ4n) is 10.6. The molecule has 13 aromatic rings. The summed E-state index contributed by atoms with van der Waals surface area (Å²) < 4.78 is 51.9. The fraction of sp³-hybridized carbons (Fsp3) is 0.0164. The molecule has 70 heavy (non-hydrogen) atoms. The van der Waals surface area contributed by atoms with Gasteiger partial charge in [0.05, 0.1) is 39.5 Å². The maximum atomic E-state index is 15.5. The first-order chi connectivity index (χ1) is 34.2. The fourth-order valence-corrected chi connectivity index (χ4v) is 11.1. The minimum Gasteiger partial charge on any atom is -0.309 e. The highest BCUT2D eigenvalue weighted by atomic mass is 35.5. The van der Waals surface area contributed by atoms with Gasteiger partial charge < -0.3 is 4.57 Å². The van der Waals surface area contributed by atoms with Crippen LogP contribution in [0.4, 0.5) is 47.3 Å². The largest absolute Gasteiger partial charge is 0.489 e. The number of hydrogen-bond donors (Lipinski definition) is 0. The maximum absolute atomic E-state index is 15.5. The third-order valence-electron chi connectivity index (χ3n) is 13.7. The lowest BCUT2D eigenvalue weighted by Crippen LogP contribution is -2.33. The highest BCUT2D eigenvalue weighted by Crippen LogP contribution is 2.46. The van der Waals surface area contributed by atoms with Crippen LogP contribution in [0.25, 0.3) is 92.1 Å². The Kier molecular flexibility index (Phi) is 9.70. The van der Waals surface area contributed by atoms with Gasteiger partial charge in [0.1, 0.15) is 0 Å². The van der Waals surface area contributed by atoms with Crippen molar-refractivity contribution < 1.29 is 13.2 Å². The Balaban J connectivity index is 0.985. The average Bonchev–Trinajstić information content (AvgIpc) is 3.73. The molecule has 0 aliphatic heterocycles. The van der Waals surface area contributed by atoms with Crippen molar-refractivity contribution in [2.75, 3.05) is 13.7 Å². The molecule has 0 unspecified atom stereocenters. The molecule has 12 aromatic carbocycles. The van der Waals surface area contributed by atoms with Crippen LogP contribution in [0.5, 0.6) is 0 Å². The van der Waals surface area contributed by atoms with Crippen molar-refractivity contribution in [3.63, 3.8) is 0 Å². The van der Waals surface area contributed by atoms with E-state index in [0.717, 1.165) is 104 Å². The van der Waals surface area contributed by atoms with Crippen LogP contribution < -0.4 is 13.7 Å². The van der Waals surface area contributed by atoms with Crippen molar-refractivity contribution in [1.29, 1.82) is 0 Å². The maximum Gasteiger partial charge on any atom is 0.489 e. The molecule has 9 heteroatoms. The minimum atomic E-state index is -4.74. The van der Waals surface area contributed by atoms with Crippen LogP contribution in [0.15, 0.2) is 224 Å². The number of hydrogen-bond acceptors (Lipinski definition) is 3. The zero-order valence-electron chi connectivity index (χ0n) is 37.0. The number of halogens is 5. The molecular formula is C61H37Cl2F3N4. The molecule has 0 saturated carbocycles. The van der Waals surface area contributed by atoms with E-state index in [0.29, 0.717) is 16.0 Å². The van der Waals surface area contributed by atoms with E-state index in [9.17, 15) is 0 Å². The van der Waals surface area contributed by atoms with Crippen LogP contribution in [0.3, 0.4) is 0 Å². The summed E-state index contributed by atoms with van der Waals surface area (Å²) in [5, 5.41) is 13.2. The molecule has 0 amide bonds. The Labute approximate surface area is 410 Å². The Morgan fingerprint density at radius 2 is 0.643 bits per heavy atom. The molecule has 0 radical (unpaired) electrons. The van der Waals surface area contributed by atoms with E-state index in [-0.39, 0.29) is 11.4 Å². The van der Waals surface area contributed by atoms with Crippen LogP contribution in [-0.2, 0) is 0 Å². The van der Waals surface area contributed by atoms with Gasteiger partial charge in [-0.25, -0.2) is 0 Å². The monoisotopic (exact) mass is 952 g/mol. The summed E-state index contributed by atoms with van der Waals surface area (Å²) in [6.07, 6.45) is -4.74. The summed E-state index contributed by atoms with van der Waals surface area (Å²) in [6.45, 7) is 0. The number of rotatable bonds is 7. The molecule has 0 atom stereocenters. The molecule has 0 fully saturated rings. The standard InChI is InChI=1S/C61H37Cl2F3N4/c62-69(59-34-39-14-2-5-17-46(39)49-20-8-11-23-52(49)59)43-29-31-56-54(36-43)55-37-44(70(63)60-35-40-15-3-6-18-47(40)50-21-9-12-24-53(50)60)30-32-57(55)67(56)41-25-27-42(28-26-41)68(61(64,65)66)58-33-38-13-1-4-16-45(38)48-19-7-10-22-51(48)58/h1-37H. The summed E-state index contributed by atoms with van der Waals surface area (Å²) in [7, 11) is 0. The van der Waals surface area contributed by atoms with Gasteiger partial charge in [0.15, 0.2) is 0 Å². The van der Waals surface area contributed by atoms with Crippen molar-refractivity contribution in [1.82, 2.24) is 4.57 Å². The first-order valence-corrected chi connectivity index (χ1v) is 23.6. The molecule has 1 heterocycles. The molecule has 4 nitrogen and oxygen atoms in total. The number of nitrogens with zero attached hydrogens (tertiary/aromatic N) is 4. The van der Waals surface area contributed by atoms with Gasteiger partial charge in [-0.1, -0.05) is 146 Å². The van der Waals surface area contributed by atoms with Crippen LogP contribution >= 0.6 is 23.6 Å². The predicted octanol–water partition coefficient (Wildman–Crippen LogP) is 18.9. The quantitative estimate of drug-likeness (QED) is 0.0899. The van der Waals surface area contributed by atoms with Gasteiger partial charge in [-0.2, -0.15) is 0 Å². The average molecular weight is 954 g/mol. The molecule has 1 aromatic heterocycles. The number of alkyl halides is 3. The third-order valence-corrected chi connectivity index (χ3v) is 14.5. The van der Waals surface area contributed by atoms with Crippen molar-refractivity contribution in [2.24, 2.45) is 0 Å². The zero-order chi connectivity index (χ0) is 47.3. The highest BCUT2D eigenvalue weighted by molar-refractivity contribution is 6.34. The summed E-state index contributed by atoms with van der Waals surface area (Å²) >= 11 is 14.9. The second-order valence-electron chi connectivity index (χ2n) is 17.6. The summed E-state index contributed by atoms with van der Waals surface area (Å²) in [4.78, 5) is 0.479. The molecule has 13 rings (SSSR count). The lowest BCUT2D eigenvalue weighted by atomic mass is 9.99. The summed E-state index contributed by atoms with van der Waals surface area (Å²) in [5.74, 6) is 0. The lowest BCUT2D eigenvalue weighted by molar-refractivity contribution is -0.120. The third kappa shape index (κ3) is 6.68. The molecular weight excluding hydrogens is 917 g/mol. The number of aromatic nitrogens is 1. The van der Waals surface area contributed by atoms with Crippen LogP contribution in [0, 0.1) is 0 Å². The van der Waals surface area contributed by atoms with Crippen molar-refractivity contribution in [3.05, 3.63) is 224 Å². The second kappa shape index (κ2) is 16.2. The first-order valence-electron chi connectivity index (χ1n) is 22.9. The predicted molar refractivity (Wildman–Crippen MR) is 289 cm³/mol. The van der Waals surface area contributed by atoms with E-state index in [1.54, 1.807) is 51.3 Å². The number of anilines is 6. The van der Waals surface area contributed by atoms with Crippen LogP contribution in [-0.4, -0.2) is 10.9 Å². The number of benzene rings is 12. The molecule has 0 aliphatic carbocycles. The molecule has 0 aliphatic rings. The van der Waals surface area contributed by atoms with Gasteiger partial charge in [0.2, 0.25) is 0 Å². The Bertz CT molecular complexity index is 4060. The molecule has 0 N–H and O–H groups in total. The molecule has 0 spiro atoms. The summed E-state index contributed by atoms with van der Waals surface area (Å²) in [6, 6.07) is 72.5. The molecule has 0 bridgehead atoms. The van der Waals surface area contributed by atoms with Gasteiger partial charge in [0.25, 0.3) is 0 Å². The first kappa shape index (κ1) is 41.9. The molecule has 0 saturated heterocycles. The van der Waals surface area contributed by atoms with E-state index in [2.05, 4.69) is 77.4 Å². The van der Waals surface area contributed by atoms with Crippen molar-refractivity contribution in [3.8, 4) is 5.69 Å². The van der Waals surface area contributed by atoms with E-state index in [1.807, 2.05) is 109 Å².